The molecule has 4 nitrogen and oxygen atoms in total. The Labute approximate surface area is 128 Å². The lowest BCUT2D eigenvalue weighted by Crippen LogP contribution is -2.05. The molecular weight excluding hydrogens is 307 g/mol. The highest BCUT2D eigenvalue weighted by atomic mass is 32.2. The second-order valence-corrected chi connectivity index (χ2v) is 6.88. The predicted octanol–water partition coefficient (Wildman–Crippen LogP) is 2.66. The molecule has 6 heteroatoms. The molecule has 0 unspecified atom stereocenters. The number of rotatable bonds is 5. The van der Waals surface area contributed by atoms with Crippen molar-refractivity contribution in [1.82, 2.24) is 0 Å². The minimum atomic E-state index is -3.26. The van der Waals surface area contributed by atoms with Crippen molar-refractivity contribution in [3.63, 3.8) is 0 Å². The molecule has 0 aromatic heterocycles. The van der Waals surface area contributed by atoms with Crippen LogP contribution in [0.2, 0.25) is 0 Å². The maximum Gasteiger partial charge on any atom is 0.175 e. The summed E-state index contributed by atoms with van der Waals surface area (Å²) in [7, 11) is -1.91. The Morgan fingerprint density at radius 1 is 1.14 bits per heavy atom. The molecule has 22 heavy (non-hydrogen) atoms. The molecule has 0 saturated carbocycles. The second-order valence-electron chi connectivity index (χ2n) is 4.87. The van der Waals surface area contributed by atoms with Gasteiger partial charge in [0.15, 0.2) is 27.2 Å². The summed E-state index contributed by atoms with van der Waals surface area (Å²) in [5.41, 5.74) is 0.902. The van der Waals surface area contributed by atoms with E-state index in [4.69, 9.17) is 4.74 Å². The van der Waals surface area contributed by atoms with Crippen LogP contribution in [-0.2, 0) is 16.3 Å². The molecule has 0 N–H and O–H groups in total. The van der Waals surface area contributed by atoms with Crippen LogP contribution in [0.15, 0.2) is 47.4 Å². The van der Waals surface area contributed by atoms with E-state index < -0.39 is 15.7 Å². The van der Waals surface area contributed by atoms with Gasteiger partial charge in [-0.1, -0.05) is 12.1 Å². The number of hydrogen-bond donors (Lipinski definition) is 0. The molecule has 0 bridgehead atoms. The summed E-state index contributed by atoms with van der Waals surface area (Å²) >= 11 is 0. The van der Waals surface area contributed by atoms with Crippen molar-refractivity contribution in [3.8, 4) is 5.75 Å². The van der Waals surface area contributed by atoms with E-state index in [0.29, 0.717) is 5.56 Å². The Morgan fingerprint density at radius 3 is 2.27 bits per heavy atom. The quantitative estimate of drug-likeness (QED) is 0.794. The molecule has 0 spiro atoms. The number of benzene rings is 2. The highest BCUT2D eigenvalue weighted by Gasteiger charge is 2.12. The molecule has 2 aromatic rings. The summed E-state index contributed by atoms with van der Waals surface area (Å²) in [6.45, 7) is 0. The lowest BCUT2D eigenvalue weighted by atomic mass is 10.0. The normalized spacial score (nSPS) is 11.2. The van der Waals surface area contributed by atoms with Crippen LogP contribution in [0, 0.1) is 5.82 Å². The van der Waals surface area contributed by atoms with Crippen molar-refractivity contribution in [2.24, 2.45) is 0 Å². The maximum atomic E-state index is 13.6. The van der Waals surface area contributed by atoms with Crippen molar-refractivity contribution < 1.29 is 22.3 Å². The topological polar surface area (TPSA) is 60.4 Å². The van der Waals surface area contributed by atoms with Gasteiger partial charge in [0.05, 0.1) is 12.0 Å². The third kappa shape index (κ3) is 3.71. The van der Waals surface area contributed by atoms with Crippen LogP contribution in [0.3, 0.4) is 0 Å². The van der Waals surface area contributed by atoms with Crippen molar-refractivity contribution >= 4 is 15.6 Å². The Hall–Kier alpha value is -2.21. The molecule has 2 rings (SSSR count). The zero-order valence-electron chi connectivity index (χ0n) is 12.2. The molecule has 0 saturated heterocycles. The first kappa shape index (κ1) is 16.2. The van der Waals surface area contributed by atoms with Crippen LogP contribution in [-0.4, -0.2) is 27.6 Å². The standard InChI is InChI=1S/C16H15FO4S/c1-21-16-8-5-12(10-14(16)17)15(18)9-11-3-6-13(7-4-11)22(2,19)20/h3-8,10H,9H2,1-2H3. The molecule has 0 amide bonds. The van der Waals surface area contributed by atoms with Gasteiger partial charge in [0.2, 0.25) is 0 Å². The molecule has 0 aliphatic rings. The fourth-order valence-corrected chi connectivity index (χ4v) is 2.61. The largest absolute Gasteiger partial charge is 0.494 e. The van der Waals surface area contributed by atoms with E-state index in [0.717, 1.165) is 12.3 Å². The van der Waals surface area contributed by atoms with Gasteiger partial charge >= 0.3 is 0 Å². The van der Waals surface area contributed by atoms with Crippen LogP contribution >= 0.6 is 0 Å². The van der Waals surface area contributed by atoms with E-state index in [-0.39, 0.29) is 28.4 Å². The van der Waals surface area contributed by atoms with Gasteiger partial charge in [-0.25, -0.2) is 12.8 Å². The summed E-state index contributed by atoms with van der Waals surface area (Å²) in [5, 5.41) is 0. The average Bonchev–Trinajstić information content (AvgIpc) is 2.46. The Kier molecular flexibility index (Phi) is 4.61. The molecule has 0 radical (unpaired) electrons. The van der Waals surface area contributed by atoms with E-state index in [1.54, 1.807) is 12.1 Å². The van der Waals surface area contributed by atoms with Gasteiger partial charge in [-0.3, -0.25) is 4.79 Å². The summed E-state index contributed by atoms with van der Waals surface area (Å²) in [4.78, 5) is 12.3. The van der Waals surface area contributed by atoms with Gasteiger partial charge in [-0.2, -0.15) is 0 Å². The molecule has 0 fully saturated rings. The average molecular weight is 322 g/mol. The third-order valence-corrected chi connectivity index (χ3v) is 4.32. The fraction of sp³-hybridized carbons (Fsp3) is 0.188. The number of sulfone groups is 1. The molecule has 0 heterocycles. The minimum absolute atomic E-state index is 0.0653. The second kappa shape index (κ2) is 6.27. The number of carbonyl (C=O) groups excluding carboxylic acids is 1. The zero-order valence-corrected chi connectivity index (χ0v) is 13.0. The van der Waals surface area contributed by atoms with Crippen molar-refractivity contribution in [3.05, 3.63) is 59.4 Å². The van der Waals surface area contributed by atoms with Crippen LogP contribution in [0.5, 0.6) is 5.75 Å². The highest BCUT2D eigenvalue weighted by Crippen LogP contribution is 2.19. The number of Topliss-reactive ketones (excluding diaryl/α,β-unsaturated/α-hetero) is 1. The minimum Gasteiger partial charge on any atom is -0.494 e. The SMILES string of the molecule is COc1ccc(C(=O)Cc2ccc(S(C)(=O)=O)cc2)cc1F. The lowest BCUT2D eigenvalue weighted by molar-refractivity contribution is 0.0992. The van der Waals surface area contributed by atoms with Crippen LogP contribution in [0.4, 0.5) is 4.39 Å². The van der Waals surface area contributed by atoms with Crippen LogP contribution in [0.25, 0.3) is 0 Å². The van der Waals surface area contributed by atoms with Gasteiger partial charge in [0, 0.05) is 18.2 Å². The van der Waals surface area contributed by atoms with E-state index >= 15 is 0 Å². The predicted molar refractivity (Wildman–Crippen MR) is 80.5 cm³/mol. The molecule has 116 valence electrons. The van der Waals surface area contributed by atoms with Gasteiger partial charge in [-0.05, 0) is 35.9 Å². The van der Waals surface area contributed by atoms with Crippen molar-refractivity contribution in [2.75, 3.05) is 13.4 Å². The van der Waals surface area contributed by atoms with Crippen LogP contribution < -0.4 is 4.74 Å². The van der Waals surface area contributed by atoms with Crippen molar-refractivity contribution in [1.29, 1.82) is 0 Å². The fourth-order valence-electron chi connectivity index (χ4n) is 1.98. The number of carbonyl (C=O) groups is 1. The zero-order chi connectivity index (χ0) is 16.3. The smallest absolute Gasteiger partial charge is 0.175 e. The van der Waals surface area contributed by atoms with E-state index in [1.807, 2.05) is 0 Å². The number of methoxy groups -OCH3 is 1. The summed E-state index contributed by atoms with van der Waals surface area (Å²) in [6, 6.07) is 10.1. The summed E-state index contributed by atoms with van der Waals surface area (Å²) in [5.74, 6) is -0.775. The molecule has 2 aromatic carbocycles. The van der Waals surface area contributed by atoms with E-state index in [9.17, 15) is 17.6 Å². The number of ketones is 1. The van der Waals surface area contributed by atoms with Gasteiger partial charge < -0.3 is 4.74 Å². The van der Waals surface area contributed by atoms with E-state index in [2.05, 4.69) is 0 Å². The van der Waals surface area contributed by atoms with Gasteiger partial charge in [0.1, 0.15) is 0 Å². The highest BCUT2D eigenvalue weighted by molar-refractivity contribution is 7.90. The summed E-state index contributed by atoms with van der Waals surface area (Å²) < 4.78 is 41.1. The molecular formula is C16H15FO4S. The number of ether oxygens (including phenoxy) is 1. The maximum absolute atomic E-state index is 13.6. The first-order valence-electron chi connectivity index (χ1n) is 6.47. The van der Waals surface area contributed by atoms with E-state index in [1.165, 1.54) is 31.4 Å². The lowest BCUT2D eigenvalue weighted by Gasteiger charge is -2.05. The Morgan fingerprint density at radius 2 is 1.77 bits per heavy atom. The molecule has 0 aliphatic carbocycles. The van der Waals surface area contributed by atoms with Crippen molar-refractivity contribution in [2.45, 2.75) is 11.3 Å². The Balaban J connectivity index is 2.17. The first-order valence-corrected chi connectivity index (χ1v) is 8.36. The summed E-state index contributed by atoms with van der Waals surface area (Å²) in [6.07, 6.45) is 1.18. The number of halogens is 1. The monoisotopic (exact) mass is 322 g/mol. The van der Waals surface area contributed by atoms with Crippen LogP contribution in [0.1, 0.15) is 15.9 Å². The molecule has 0 aliphatic heterocycles. The Bertz CT molecular complexity index is 795. The van der Waals surface area contributed by atoms with Gasteiger partial charge in [-0.15, -0.1) is 0 Å². The number of hydrogen-bond acceptors (Lipinski definition) is 4. The van der Waals surface area contributed by atoms with Gasteiger partial charge in [0.25, 0.3) is 0 Å². The third-order valence-electron chi connectivity index (χ3n) is 3.19. The first-order chi connectivity index (χ1) is 10.3. The molecule has 0 atom stereocenters.